The van der Waals surface area contributed by atoms with Gasteiger partial charge >= 0.3 is 0 Å². The summed E-state index contributed by atoms with van der Waals surface area (Å²) in [5.41, 5.74) is 8.57. The molecular weight excluding hydrogens is 288 g/mol. The number of nitrogens with two attached hydrogens (primary N) is 1. The second-order valence-corrected chi connectivity index (χ2v) is 6.98. The number of H-pyrrole nitrogens is 1. The Labute approximate surface area is 125 Å². The van der Waals surface area contributed by atoms with Crippen molar-refractivity contribution in [1.29, 1.82) is 0 Å². The molecule has 0 aliphatic heterocycles. The molecule has 0 amide bonds. The molecule has 0 spiro atoms. The second kappa shape index (κ2) is 5.97. The maximum Gasteiger partial charge on any atom is 0.246 e. The van der Waals surface area contributed by atoms with E-state index in [9.17, 15) is 8.42 Å². The standard InChI is InChI=1S/C14H20N4O2S/c1-10-14(11(2)17-16-10)21(19,20)18(3)9-13-7-5-4-6-12(13)8-15/h4-7H,8-9,15H2,1-3H3,(H,16,17). The zero-order chi connectivity index (χ0) is 15.6. The van der Waals surface area contributed by atoms with Gasteiger partial charge < -0.3 is 5.73 Å². The van der Waals surface area contributed by atoms with E-state index >= 15 is 0 Å². The molecule has 2 rings (SSSR count). The summed E-state index contributed by atoms with van der Waals surface area (Å²) in [4.78, 5) is 0.246. The van der Waals surface area contributed by atoms with Crippen molar-refractivity contribution < 1.29 is 8.42 Å². The van der Waals surface area contributed by atoms with Crippen molar-refractivity contribution in [3.05, 3.63) is 46.8 Å². The van der Waals surface area contributed by atoms with Gasteiger partial charge in [-0.1, -0.05) is 24.3 Å². The first-order chi connectivity index (χ1) is 9.87. The molecule has 3 N–H and O–H groups in total. The van der Waals surface area contributed by atoms with Crippen LogP contribution in [0.5, 0.6) is 0 Å². The SMILES string of the molecule is Cc1n[nH]c(C)c1S(=O)(=O)N(C)Cc1ccccc1CN. The predicted octanol–water partition coefficient (Wildman–Crippen LogP) is 1.31. The maximum atomic E-state index is 12.7. The number of aromatic amines is 1. The summed E-state index contributed by atoms with van der Waals surface area (Å²) in [5.74, 6) is 0. The van der Waals surface area contributed by atoms with E-state index in [4.69, 9.17) is 5.73 Å². The lowest BCUT2D eigenvalue weighted by Gasteiger charge is -2.19. The highest BCUT2D eigenvalue weighted by molar-refractivity contribution is 7.89. The van der Waals surface area contributed by atoms with Crippen LogP contribution in [0.1, 0.15) is 22.5 Å². The van der Waals surface area contributed by atoms with E-state index < -0.39 is 10.0 Å². The van der Waals surface area contributed by atoms with Crippen LogP contribution in [-0.4, -0.2) is 30.0 Å². The molecule has 0 aliphatic carbocycles. The summed E-state index contributed by atoms with van der Waals surface area (Å²) in [6.45, 7) is 4.04. The Morgan fingerprint density at radius 2 is 1.86 bits per heavy atom. The van der Waals surface area contributed by atoms with E-state index in [-0.39, 0.29) is 11.4 Å². The van der Waals surface area contributed by atoms with Crippen LogP contribution in [0.15, 0.2) is 29.2 Å². The number of benzene rings is 1. The van der Waals surface area contributed by atoms with E-state index in [2.05, 4.69) is 10.2 Å². The summed E-state index contributed by atoms with van der Waals surface area (Å²) < 4.78 is 26.7. The van der Waals surface area contributed by atoms with Crippen LogP contribution in [0, 0.1) is 13.8 Å². The first kappa shape index (κ1) is 15.7. The van der Waals surface area contributed by atoms with Crippen molar-refractivity contribution in [1.82, 2.24) is 14.5 Å². The van der Waals surface area contributed by atoms with Crippen molar-refractivity contribution in [3.63, 3.8) is 0 Å². The summed E-state index contributed by atoms with van der Waals surface area (Å²) in [6, 6.07) is 7.57. The quantitative estimate of drug-likeness (QED) is 0.871. The Morgan fingerprint density at radius 1 is 1.24 bits per heavy atom. The fourth-order valence-electron chi connectivity index (χ4n) is 2.31. The average Bonchev–Trinajstić information content (AvgIpc) is 2.79. The summed E-state index contributed by atoms with van der Waals surface area (Å²) in [7, 11) is -2.02. The fourth-order valence-corrected chi connectivity index (χ4v) is 3.78. The molecule has 0 saturated carbocycles. The van der Waals surface area contributed by atoms with Crippen LogP contribution in [0.2, 0.25) is 0 Å². The number of nitrogens with zero attached hydrogens (tertiary/aromatic N) is 2. The Kier molecular flexibility index (Phi) is 4.46. The highest BCUT2D eigenvalue weighted by Crippen LogP contribution is 2.22. The molecule has 0 bridgehead atoms. The van der Waals surface area contributed by atoms with Crippen molar-refractivity contribution in [2.45, 2.75) is 31.8 Å². The van der Waals surface area contributed by atoms with Gasteiger partial charge in [-0.15, -0.1) is 0 Å². The summed E-state index contributed by atoms with van der Waals surface area (Å²) in [6.07, 6.45) is 0. The summed E-state index contributed by atoms with van der Waals surface area (Å²) in [5, 5.41) is 6.66. The van der Waals surface area contributed by atoms with Crippen LogP contribution in [0.3, 0.4) is 0 Å². The Hall–Kier alpha value is -1.70. The van der Waals surface area contributed by atoms with E-state index in [1.165, 1.54) is 4.31 Å². The molecule has 7 heteroatoms. The van der Waals surface area contributed by atoms with Crippen molar-refractivity contribution >= 4 is 10.0 Å². The first-order valence-corrected chi connectivity index (χ1v) is 8.06. The molecule has 0 radical (unpaired) electrons. The third kappa shape index (κ3) is 2.99. The van der Waals surface area contributed by atoms with E-state index in [0.29, 0.717) is 17.9 Å². The molecule has 2 aromatic rings. The lowest BCUT2D eigenvalue weighted by atomic mass is 10.1. The van der Waals surface area contributed by atoms with Gasteiger partial charge in [-0.25, -0.2) is 8.42 Å². The molecule has 0 saturated heterocycles. The van der Waals surface area contributed by atoms with Crippen LogP contribution in [0.4, 0.5) is 0 Å². The normalized spacial score (nSPS) is 12.0. The van der Waals surface area contributed by atoms with Gasteiger partial charge in [-0.05, 0) is 25.0 Å². The van der Waals surface area contributed by atoms with Crippen LogP contribution in [0.25, 0.3) is 0 Å². The molecule has 114 valence electrons. The minimum atomic E-state index is -3.58. The molecule has 1 heterocycles. The highest BCUT2D eigenvalue weighted by Gasteiger charge is 2.27. The lowest BCUT2D eigenvalue weighted by Crippen LogP contribution is -2.28. The maximum absolute atomic E-state index is 12.7. The van der Waals surface area contributed by atoms with Crippen LogP contribution < -0.4 is 5.73 Å². The number of nitrogens with one attached hydrogen (secondary N) is 1. The molecule has 0 atom stereocenters. The number of hydrogen-bond acceptors (Lipinski definition) is 4. The Balaban J connectivity index is 2.34. The molecule has 1 aromatic carbocycles. The third-order valence-corrected chi connectivity index (χ3v) is 5.53. The Bertz CT molecular complexity index is 718. The predicted molar refractivity (Wildman–Crippen MR) is 81.0 cm³/mol. The molecule has 1 aromatic heterocycles. The second-order valence-electron chi connectivity index (χ2n) is 5.00. The number of aryl methyl sites for hydroxylation is 2. The summed E-state index contributed by atoms with van der Waals surface area (Å²) >= 11 is 0. The van der Waals surface area contributed by atoms with Gasteiger partial charge in [0.2, 0.25) is 10.0 Å². The van der Waals surface area contributed by atoms with Crippen LogP contribution in [-0.2, 0) is 23.1 Å². The number of rotatable bonds is 5. The minimum Gasteiger partial charge on any atom is -0.326 e. The molecule has 6 nitrogen and oxygen atoms in total. The number of aromatic nitrogens is 2. The van der Waals surface area contributed by atoms with Gasteiger partial charge in [0.25, 0.3) is 0 Å². The van der Waals surface area contributed by atoms with Gasteiger partial charge in [-0.2, -0.15) is 9.40 Å². The number of sulfonamides is 1. The fraction of sp³-hybridized carbons (Fsp3) is 0.357. The average molecular weight is 308 g/mol. The van der Waals surface area contributed by atoms with Crippen molar-refractivity contribution in [2.24, 2.45) is 5.73 Å². The van der Waals surface area contributed by atoms with E-state index in [1.807, 2.05) is 24.3 Å². The van der Waals surface area contributed by atoms with E-state index in [1.54, 1.807) is 20.9 Å². The lowest BCUT2D eigenvalue weighted by molar-refractivity contribution is 0.464. The van der Waals surface area contributed by atoms with Crippen LogP contribution >= 0.6 is 0 Å². The minimum absolute atomic E-state index is 0.246. The van der Waals surface area contributed by atoms with Gasteiger partial charge in [0.15, 0.2) is 0 Å². The zero-order valence-electron chi connectivity index (χ0n) is 12.4. The monoisotopic (exact) mass is 308 g/mol. The van der Waals surface area contributed by atoms with Crippen molar-refractivity contribution in [2.75, 3.05) is 7.05 Å². The van der Waals surface area contributed by atoms with Gasteiger partial charge in [-0.3, -0.25) is 5.10 Å². The zero-order valence-corrected chi connectivity index (χ0v) is 13.2. The van der Waals surface area contributed by atoms with Gasteiger partial charge in [0, 0.05) is 20.1 Å². The van der Waals surface area contributed by atoms with Crippen molar-refractivity contribution in [3.8, 4) is 0 Å². The highest BCUT2D eigenvalue weighted by atomic mass is 32.2. The molecular formula is C14H20N4O2S. The number of hydrogen-bond donors (Lipinski definition) is 2. The van der Waals surface area contributed by atoms with Gasteiger partial charge in [0.05, 0.1) is 11.4 Å². The molecule has 21 heavy (non-hydrogen) atoms. The third-order valence-electron chi connectivity index (χ3n) is 3.46. The first-order valence-electron chi connectivity index (χ1n) is 6.62. The molecule has 0 unspecified atom stereocenters. The smallest absolute Gasteiger partial charge is 0.246 e. The Morgan fingerprint density at radius 3 is 2.38 bits per heavy atom. The topological polar surface area (TPSA) is 92.1 Å². The molecule has 0 fully saturated rings. The molecule has 0 aliphatic rings. The largest absolute Gasteiger partial charge is 0.326 e. The van der Waals surface area contributed by atoms with Gasteiger partial charge in [0.1, 0.15) is 4.90 Å². The van der Waals surface area contributed by atoms with E-state index in [0.717, 1.165) is 11.1 Å².